The van der Waals surface area contributed by atoms with E-state index in [4.69, 9.17) is 26.4 Å². The van der Waals surface area contributed by atoms with E-state index >= 15 is 0 Å². The molecule has 1 amide bonds. The first-order valence-electron chi connectivity index (χ1n) is 10.6. The van der Waals surface area contributed by atoms with Crippen LogP contribution in [0.25, 0.3) is 6.08 Å². The fraction of sp³-hybridized carbons (Fsp3) is 0.154. The topological polar surface area (TPSA) is 48.0 Å². The second-order valence-electron chi connectivity index (χ2n) is 6.99. The quantitative estimate of drug-likeness (QED) is 0.216. The van der Waals surface area contributed by atoms with Gasteiger partial charge in [0.05, 0.1) is 17.2 Å². The molecule has 7 heteroatoms. The maximum Gasteiger partial charge on any atom is 0.270 e. The molecule has 0 aliphatic carbocycles. The fourth-order valence-electron chi connectivity index (χ4n) is 3.25. The van der Waals surface area contributed by atoms with Gasteiger partial charge in [0, 0.05) is 5.56 Å². The third kappa shape index (κ3) is 5.74. The summed E-state index contributed by atoms with van der Waals surface area (Å²) in [6.45, 7) is 3.31. The Balaban J connectivity index is 1.44. The highest BCUT2D eigenvalue weighted by Crippen LogP contribution is 2.37. The fourth-order valence-corrected chi connectivity index (χ4v) is 4.54. The molecule has 0 bridgehead atoms. The van der Waals surface area contributed by atoms with Crippen molar-refractivity contribution in [1.82, 2.24) is 0 Å². The predicted molar refractivity (Wildman–Crippen MR) is 137 cm³/mol. The van der Waals surface area contributed by atoms with Crippen molar-refractivity contribution in [2.75, 3.05) is 24.7 Å². The maximum absolute atomic E-state index is 13.1. The molecule has 1 aliphatic rings. The van der Waals surface area contributed by atoms with E-state index in [-0.39, 0.29) is 5.91 Å². The minimum Gasteiger partial charge on any atom is -0.494 e. The van der Waals surface area contributed by atoms with E-state index < -0.39 is 0 Å². The Morgan fingerprint density at radius 3 is 2.27 bits per heavy atom. The molecule has 1 saturated heterocycles. The molecule has 0 atom stereocenters. The highest BCUT2D eigenvalue weighted by atomic mass is 32.2. The first kappa shape index (κ1) is 22.9. The van der Waals surface area contributed by atoms with Gasteiger partial charge in [-0.3, -0.25) is 9.69 Å². The van der Waals surface area contributed by atoms with Gasteiger partial charge in [0.25, 0.3) is 5.91 Å². The number of nitrogens with zero attached hydrogens (tertiary/aromatic N) is 1. The zero-order valence-electron chi connectivity index (χ0n) is 18.1. The first-order valence-corrected chi connectivity index (χ1v) is 11.8. The lowest BCUT2D eigenvalue weighted by Gasteiger charge is -2.15. The summed E-state index contributed by atoms with van der Waals surface area (Å²) in [4.78, 5) is 15.2. The number of amides is 1. The van der Waals surface area contributed by atoms with Gasteiger partial charge in [-0.15, -0.1) is 0 Å². The Morgan fingerprint density at radius 2 is 1.52 bits per heavy atom. The minimum absolute atomic E-state index is 0.156. The average molecular weight is 478 g/mol. The lowest BCUT2D eigenvalue weighted by Crippen LogP contribution is -2.27. The lowest BCUT2D eigenvalue weighted by atomic mass is 10.2. The largest absolute Gasteiger partial charge is 0.494 e. The zero-order chi connectivity index (χ0) is 23.0. The molecule has 5 nitrogen and oxygen atoms in total. The van der Waals surface area contributed by atoms with Gasteiger partial charge in [-0.25, -0.2) is 0 Å². The van der Waals surface area contributed by atoms with Crippen molar-refractivity contribution in [2.24, 2.45) is 0 Å². The summed E-state index contributed by atoms with van der Waals surface area (Å²) in [5.74, 6) is 2.08. The van der Waals surface area contributed by atoms with E-state index in [1.807, 2.05) is 91.9 Å². The number of carbonyl (C=O) groups is 1. The predicted octanol–water partition coefficient (Wildman–Crippen LogP) is 5.95. The molecule has 168 valence electrons. The van der Waals surface area contributed by atoms with Crippen LogP contribution in [0.3, 0.4) is 0 Å². The number of rotatable bonds is 9. The van der Waals surface area contributed by atoms with Gasteiger partial charge in [0.1, 0.15) is 30.5 Å². The molecular formula is C26H23NO4S2. The molecule has 33 heavy (non-hydrogen) atoms. The number of carbonyl (C=O) groups excluding carboxylic acids is 1. The highest BCUT2D eigenvalue weighted by molar-refractivity contribution is 8.27. The molecule has 0 saturated carbocycles. The highest BCUT2D eigenvalue weighted by Gasteiger charge is 2.33. The Hall–Kier alpha value is -3.29. The SMILES string of the molecule is CCOc1ccc(N2C(=O)/C(=C\c3ccccc3OCCOc3ccccc3)SC2=S)cc1. The summed E-state index contributed by atoms with van der Waals surface area (Å²) in [6, 6.07) is 24.5. The number of ether oxygens (including phenoxy) is 3. The van der Waals surface area contributed by atoms with Crippen molar-refractivity contribution in [3.05, 3.63) is 89.3 Å². The van der Waals surface area contributed by atoms with Gasteiger partial charge in [0.15, 0.2) is 4.32 Å². The Labute approximate surface area is 203 Å². The smallest absolute Gasteiger partial charge is 0.270 e. The monoisotopic (exact) mass is 477 g/mol. The van der Waals surface area contributed by atoms with Crippen LogP contribution in [0.15, 0.2) is 83.8 Å². The number of hydrogen-bond donors (Lipinski definition) is 0. The van der Waals surface area contributed by atoms with Crippen molar-refractivity contribution in [1.29, 1.82) is 0 Å². The Kier molecular flexibility index (Phi) is 7.65. The molecule has 1 aliphatic heterocycles. The average Bonchev–Trinajstić information content (AvgIpc) is 3.12. The maximum atomic E-state index is 13.1. The van der Waals surface area contributed by atoms with E-state index in [1.165, 1.54) is 11.8 Å². The number of hydrogen-bond acceptors (Lipinski definition) is 6. The van der Waals surface area contributed by atoms with Crippen molar-refractivity contribution in [3.8, 4) is 17.2 Å². The first-order chi connectivity index (χ1) is 16.2. The van der Waals surface area contributed by atoms with Crippen LogP contribution in [0.2, 0.25) is 0 Å². The second-order valence-corrected chi connectivity index (χ2v) is 8.67. The second kappa shape index (κ2) is 11.0. The van der Waals surface area contributed by atoms with Crippen molar-refractivity contribution >= 4 is 46.0 Å². The Morgan fingerprint density at radius 1 is 0.848 bits per heavy atom. The van der Waals surface area contributed by atoms with Crippen molar-refractivity contribution in [3.63, 3.8) is 0 Å². The normalized spacial score (nSPS) is 14.6. The van der Waals surface area contributed by atoms with Crippen LogP contribution < -0.4 is 19.1 Å². The van der Waals surface area contributed by atoms with E-state index in [0.717, 1.165) is 17.1 Å². The van der Waals surface area contributed by atoms with Crippen LogP contribution in [-0.4, -0.2) is 30.0 Å². The van der Waals surface area contributed by atoms with Gasteiger partial charge in [-0.05, 0) is 55.5 Å². The minimum atomic E-state index is -0.156. The molecule has 0 N–H and O–H groups in total. The number of anilines is 1. The molecule has 0 radical (unpaired) electrons. The molecule has 0 spiro atoms. The van der Waals surface area contributed by atoms with Gasteiger partial charge in [-0.1, -0.05) is 60.4 Å². The summed E-state index contributed by atoms with van der Waals surface area (Å²) in [5, 5.41) is 0. The van der Waals surface area contributed by atoms with Gasteiger partial charge in [-0.2, -0.15) is 0 Å². The van der Waals surface area contributed by atoms with Crippen LogP contribution in [0, 0.1) is 0 Å². The third-order valence-electron chi connectivity index (χ3n) is 4.76. The summed E-state index contributed by atoms with van der Waals surface area (Å²) in [6.07, 6.45) is 1.82. The Bertz CT molecular complexity index is 1150. The lowest BCUT2D eigenvalue weighted by molar-refractivity contribution is -0.113. The van der Waals surface area contributed by atoms with E-state index in [1.54, 1.807) is 4.90 Å². The van der Waals surface area contributed by atoms with Crippen LogP contribution in [0.5, 0.6) is 17.2 Å². The number of thioether (sulfide) groups is 1. The van der Waals surface area contributed by atoms with Crippen molar-refractivity contribution < 1.29 is 19.0 Å². The standard InChI is InChI=1S/C26H23NO4S2/c1-2-29-22-14-12-20(13-15-22)27-25(28)24(33-26(27)32)18-19-8-6-7-11-23(19)31-17-16-30-21-9-4-3-5-10-21/h3-15,18H,2,16-17H2,1H3/b24-18+. The van der Waals surface area contributed by atoms with Crippen molar-refractivity contribution in [2.45, 2.75) is 6.92 Å². The van der Waals surface area contributed by atoms with E-state index in [2.05, 4.69) is 0 Å². The van der Waals surface area contributed by atoms with Gasteiger partial charge >= 0.3 is 0 Å². The molecule has 4 rings (SSSR count). The summed E-state index contributed by atoms with van der Waals surface area (Å²) >= 11 is 6.77. The molecule has 0 aromatic heterocycles. The van der Waals surface area contributed by atoms with Crippen LogP contribution in [0.1, 0.15) is 12.5 Å². The molecule has 0 unspecified atom stereocenters. The number of para-hydroxylation sites is 2. The third-order valence-corrected chi connectivity index (χ3v) is 6.06. The summed E-state index contributed by atoms with van der Waals surface area (Å²) < 4.78 is 17.6. The zero-order valence-corrected chi connectivity index (χ0v) is 19.7. The van der Waals surface area contributed by atoms with Gasteiger partial charge < -0.3 is 14.2 Å². The van der Waals surface area contributed by atoms with Crippen LogP contribution >= 0.6 is 24.0 Å². The summed E-state index contributed by atoms with van der Waals surface area (Å²) in [5.41, 5.74) is 1.52. The molecule has 3 aromatic carbocycles. The molecule has 1 fully saturated rings. The molecule has 3 aromatic rings. The molecular weight excluding hydrogens is 454 g/mol. The number of thiocarbonyl (C=S) groups is 1. The summed E-state index contributed by atoms with van der Waals surface area (Å²) in [7, 11) is 0. The van der Waals surface area contributed by atoms with Crippen LogP contribution in [-0.2, 0) is 4.79 Å². The van der Waals surface area contributed by atoms with Crippen LogP contribution in [0.4, 0.5) is 5.69 Å². The van der Waals surface area contributed by atoms with Gasteiger partial charge in [0.2, 0.25) is 0 Å². The van der Waals surface area contributed by atoms with E-state index in [0.29, 0.717) is 40.5 Å². The number of benzene rings is 3. The van der Waals surface area contributed by atoms with E-state index in [9.17, 15) is 4.79 Å². The molecule has 1 heterocycles.